The van der Waals surface area contributed by atoms with E-state index in [0.717, 1.165) is 29.8 Å². The van der Waals surface area contributed by atoms with Crippen LogP contribution in [0.25, 0.3) is 0 Å². The number of amides is 1. The molecular weight excluding hydrogens is 444 g/mol. The smallest absolute Gasteiger partial charge is 0.225 e. The predicted molar refractivity (Wildman–Crippen MR) is 138 cm³/mol. The van der Waals surface area contributed by atoms with E-state index in [2.05, 4.69) is 10.2 Å². The molecule has 35 heavy (non-hydrogen) atoms. The van der Waals surface area contributed by atoms with Crippen LogP contribution in [0.2, 0.25) is 0 Å². The van der Waals surface area contributed by atoms with Gasteiger partial charge in [0.1, 0.15) is 6.61 Å². The molecule has 3 aromatic carbocycles. The van der Waals surface area contributed by atoms with E-state index in [-0.39, 0.29) is 5.91 Å². The van der Waals surface area contributed by atoms with Crippen molar-refractivity contribution < 1.29 is 23.7 Å². The maximum Gasteiger partial charge on any atom is 0.225 e. The van der Waals surface area contributed by atoms with Gasteiger partial charge in [0.05, 0.1) is 21.3 Å². The van der Waals surface area contributed by atoms with Crippen LogP contribution < -0.4 is 24.3 Å². The molecule has 0 bridgehead atoms. The lowest BCUT2D eigenvalue weighted by Gasteiger charge is -2.17. The summed E-state index contributed by atoms with van der Waals surface area (Å²) in [6.07, 6.45) is 1.23. The summed E-state index contributed by atoms with van der Waals surface area (Å²) in [6.45, 7) is 1.91. The zero-order chi connectivity index (χ0) is 25.0. The van der Waals surface area contributed by atoms with Crippen LogP contribution in [0.1, 0.15) is 17.5 Å². The second-order valence-electron chi connectivity index (χ2n) is 8.18. The molecule has 0 saturated carbocycles. The summed E-state index contributed by atoms with van der Waals surface area (Å²) in [6, 6.07) is 21.3. The van der Waals surface area contributed by atoms with E-state index in [0.29, 0.717) is 42.5 Å². The molecule has 1 amide bonds. The minimum absolute atomic E-state index is 0.0528. The first kappa shape index (κ1) is 25.9. The molecule has 0 heterocycles. The van der Waals surface area contributed by atoms with Crippen molar-refractivity contribution in [2.75, 3.05) is 46.8 Å². The Hall–Kier alpha value is -3.71. The fourth-order valence-corrected chi connectivity index (χ4v) is 3.58. The molecule has 0 atom stereocenters. The lowest BCUT2D eigenvalue weighted by Crippen LogP contribution is -2.26. The third-order valence-corrected chi connectivity index (χ3v) is 5.64. The summed E-state index contributed by atoms with van der Waals surface area (Å²) in [5, 5.41) is 2.94. The van der Waals surface area contributed by atoms with Crippen LogP contribution in [0.4, 0.5) is 5.69 Å². The van der Waals surface area contributed by atoms with Crippen LogP contribution in [0, 0.1) is 0 Å². The van der Waals surface area contributed by atoms with Crippen LogP contribution in [0.5, 0.6) is 23.0 Å². The van der Waals surface area contributed by atoms with Gasteiger partial charge >= 0.3 is 0 Å². The fourth-order valence-electron chi connectivity index (χ4n) is 3.58. The number of anilines is 1. The topological polar surface area (TPSA) is 69.3 Å². The fraction of sp³-hybridized carbons (Fsp3) is 0.321. The number of hydrogen-bond acceptors (Lipinski definition) is 6. The van der Waals surface area contributed by atoms with E-state index < -0.39 is 0 Å². The van der Waals surface area contributed by atoms with E-state index >= 15 is 0 Å². The molecule has 1 N–H and O–H groups in total. The zero-order valence-electron chi connectivity index (χ0n) is 20.9. The lowest BCUT2D eigenvalue weighted by molar-refractivity contribution is -0.116. The zero-order valence-corrected chi connectivity index (χ0v) is 20.9. The molecule has 7 nitrogen and oxygen atoms in total. The highest BCUT2D eigenvalue weighted by molar-refractivity contribution is 5.91. The Morgan fingerprint density at radius 3 is 2.17 bits per heavy atom. The SMILES string of the molecule is COc1ccc(CCN(C)CCC(=O)Nc2ccc(OCc3ccccc3)c(OC)c2)cc1OC. The van der Waals surface area contributed by atoms with Crippen molar-refractivity contribution in [1.82, 2.24) is 4.90 Å². The van der Waals surface area contributed by atoms with Crippen LogP contribution in [-0.4, -0.2) is 52.3 Å². The van der Waals surface area contributed by atoms with Crippen molar-refractivity contribution in [3.63, 3.8) is 0 Å². The molecular formula is C28H34N2O5. The van der Waals surface area contributed by atoms with Gasteiger partial charge in [-0.3, -0.25) is 4.79 Å². The van der Waals surface area contributed by atoms with Crippen molar-refractivity contribution >= 4 is 11.6 Å². The first-order chi connectivity index (χ1) is 17.0. The van der Waals surface area contributed by atoms with Gasteiger partial charge in [-0.15, -0.1) is 0 Å². The number of methoxy groups -OCH3 is 3. The number of carbonyl (C=O) groups excluding carboxylic acids is 1. The van der Waals surface area contributed by atoms with Crippen molar-refractivity contribution in [3.8, 4) is 23.0 Å². The Bertz CT molecular complexity index is 1090. The van der Waals surface area contributed by atoms with Crippen LogP contribution in [-0.2, 0) is 17.8 Å². The molecule has 3 aromatic rings. The Morgan fingerprint density at radius 1 is 0.771 bits per heavy atom. The van der Waals surface area contributed by atoms with Gasteiger partial charge in [-0.2, -0.15) is 0 Å². The Balaban J connectivity index is 1.45. The number of hydrogen-bond donors (Lipinski definition) is 1. The van der Waals surface area contributed by atoms with Gasteiger partial charge in [0.25, 0.3) is 0 Å². The van der Waals surface area contributed by atoms with E-state index in [1.54, 1.807) is 27.4 Å². The number of benzene rings is 3. The third kappa shape index (κ3) is 7.93. The molecule has 0 spiro atoms. The van der Waals surface area contributed by atoms with Gasteiger partial charge in [0.2, 0.25) is 5.91 Å². The van der Waals surface area contributed by atoms with Crippen molar-refractivity contribution in [2.45, 2.75) is 19.4 Å². The molecule has 0 saturated heterocycles. The number of likely N-dealkylation sites (N-methyl/N-ethyl adjacent to an activating group) is 1. The summed E-state index contributed by atoms with van der Waals surface area (Å²) < 4.78 is 22.0. The first-order valence-corrected chi connectivity index (χ1v) is 11.6. The van der Waals surface area contributed by atoms with E-state index in [1.807, 2.05) is 67.7 Å². The molecule has 0 aliphatic carbocycles. The second-order valence-corrected chi connectivity index (χ2v) is 8.18. The molecule has 0 aliphatic rings. The molecule has 0 aliphatic heterocycles. The van der Waals surface area contributed by atoms with Crippen LogP contribution >= 0.6 is 0 Å². The van der Waals surface area contributed by atoms with Crippen LogP contribution in [0.3, 0.4) is 0 Å². The average molecular weight is 479 g/mol. The van der Waals surface area contributed by atoms with Crippen molar-refractivity contribution in [2.24, 2.45) is 0 Å². The molecule has 3 rings (SSSR count). The monoisotopic (exact) mass is 478 g/mol. The van der Waals surface area contributed by atoms with Gasteiger partial charge in [0.15, 0.2) is 23.0 Å². The summed E-state index contributed by atoms with van der Waals surface area (Å²) in [5.41, 5.74) is 2.90. The maximum absolute atomic E-state index is 12.5. The highest BCUT2D eigenvalue weighted by atomic mass is 16.5. The summed E-state index contributed by atoms with van der Waals surface area (Å²) in [5.74, 6) is 2.59. The van der Waals surface area contributed by atoms with Crippen molar-refractivity contribution in [1.29, 1.82) is 0 Å². The largest absolute Gasteiger partial charge is 0.493 e. The summed E-state index contributed by atoms with van der Waals surface area (Å²) in [7, 11) is 6.85. The van der Waals surface area contributed by atoms with Gasteiger partial charge in [-0.05, 0) is 48.9 Å². The first-order valence-electron chi connectivity index (χ1n) is 11.6. The van der Waals surface area contributed by atoms with Gasteiger partial charge < -0.3 is 29.2 Å². The van der Waals surface area contributed by atoms with Gasteiger partial charge in [-0.25, -0.2) is 0 Å². The number of carbonyl (C=O) groups is 1. The lowest BCUT2D eigenvalue weighted by atomic mass is 10.1. The third-order valence-electron chi connectivity index (χ3n) is 5.64. The summed E-state index contributed by atoms with van der Waals surface area (Å²) in [4.78, 5) is 14.6. The van der Waals surface area contributed by atoms with E-state index in [1.165, 1.54) is 0 Å². The molecule has 186 valence electrons. The highest BCUT2D eigenvalue weighted by Gasteiger charge is 2.11. The molecule has 0 radical (unpaired) electrons. The molecule has 7 heteroatoms. The average Bonchev–Trinajstić information content (AvgIpc) is 2.90. The van der Waals surface area contributed by atoms with E-state index in [4.69, 9.17) is 18.9 Å². The Kier molecular flexibility index (Phi) is 9.80. The Labute approximate surface area is 207 Å². The minimum atomic E-state index is -0.0528. The number of rotatable bonds is 13. The minimum Gasteiger partial charge on any atom is -0.493 e. The second kappa shape index (κ2) is 13.2. The Morgan fingerprint density at radius 2 is 1.46 bits per heavy atom. The van der Waals surface area contributed by atoms with Crippen molar-refractivity contribution in [3.05, 3.63) is 77.9 Å². The number of ether oxygens (including phenoxy) is 4. The number of nitrogens with one attached hydrogen (secondary N) is 1. The molecule has 0 aromatic heterocycles. The standard InChI is InChI=1S/C28H34N2O5/c1-30(16-14-21-10-12-24(32-2)26(18-21)33-3)17-15-28(31)29-23-11-13-25(27(19-23)34-4)35-20-22-8-6-5-7-9-22/h5-13,18-19H,14-17,20H2,1-4H3,(H,29,31). The predicted octanol–water partition coefficient (Wildman–Crippen LogP) is 4.79. The highest BCUT2D eigenvalue weighted by Crippen LogP contribution is 2.31. The quantitative estimate of drug-likeness (QED) is 0.381. The molecule has 0 fully saturated rings. The van der Waals surface area contributed by atoms with Gasteiger partial charge in [0, 0.05) is 31.3 Å². The van der Waals surface area contributed by atoms with E-state index in [9.17, 15) is 4.79 Å². The normalized spacial score (nSPS) is 10.7. The molecule has 0 unspecified atom stereocenters. The summed E-state index contributed by atoms with van der Waals surface area (Å²) >= 11 is 0. The maximum atomic E-state index is 12.5. The number of nitrogens with zero attached hydrogens (tertiary/aromatic N) is 1. The van der Waals surface area contributed by atoms with Crippen LogP contribution in [0.15, 0.2) is 66.7 Å². The van der Waals surface area contributed by atoms with Gasteiger partial charge in [-0.1, -0.05) is 36.4 Å².